The summed E-state index contributed by atoms with van der Waals surface area (Å²) in [5.74, 6) is 0. The van der Waals surface area contributed by atoms with Crippen LogP contribution in [0.15, 0.2) is 18.3 Å². The fourth-order valence-corrected chi connectivity index (χ4v) is 3.23. The lowest BCUT2D eigenvalue weighted by molar-refractivity contribution is 0.0465. The topological polar surface area (TPSA) is 16.1 Å². The van der Waals surface area contributed by atoms with Crippen LogP contribution in [0.5, 0.6) is 0 Å². The Morgan fingerprint density at radius 3 is 2.35 bits per heavy atom. The van der Waals surface area contributed by atoms with E-state index in [0.717, 1.165) is 12.8 Å². The van der Waals surface area contributed by atoms with Gasteiger partial charge in [0.15, 0.2) is 0 Å². The molecule has 94 valence electrons. The highest BCUT2D eigenvalue weighted by molar-refractivity contribution is 5.32. The van der Waals surface area contributed by atoms with Gasteiger partial charge >= 0.3 is 0 Å². The third-order valence-corrected chi connectivity index (χ3v) is 3.77. The van der Waals surface area contributed by atoms with Crippen molar-refractivity contribution in [1.82, 2.24) is 9.88 Å². The normalized spacial score (nSPS) is 25.0. The molecule has 2 atom stereocenters. The summed E-state index contributed by atoms with van der Waals surface area (Å²) in [7, 11) is 0. The standard InChI is InChI=1S/C15H24N2/c1-6-12-11-9-8-10-16-14(11)13(7-2)17(12)15(3,4)5/h8-10,12-13H,6-7H2,1-5H3. The first-order chi connectivity index (χ1) is 8.00. The zero-order valence-corrected chi connectivity index (χ0v) is 11.7. The van der Waals surface area contributed by atoms with E-state index in [2.05, 4.69) is 56.6 Å². The maximum atomic E-state index is 4.63. The molecule has 1 aliphatic rings. The van der Waals surface area contributed by atoms with Crippen molar-refractivity contribution < 1.29 is 0 Å². The van der Waals surface area contributed by atoms with Crippen molar-refractivity contribution in [3.05, 3.63) is 29.6 Å². The van der Waals surface area contributed by atoms with Crippen LogP contribution in [0, 0.1) is 0 Å². The summed E-state index contributed by atoms with van der Waals surface area (Å²) in [6.45, 7) is 11.5. The number of pyridine rings is 1. The number of hydrogen-bond donors (Lipinski definition) is 0. The van der Waals surface area contributed by atoms with Crippen LogP contribution < -0.4 is 0 Å². The maximum Gasteiger partial charge on any atom is 0.0623 e. The van der Waals surface area contributed by atoms with Crippen LogP contribution in [-0.4, -0.2) is 15.4 Å². The molecule has 0 bridgehead atoms. The highest BCUT2D eigenvalue weighted by atomic mass is 15.3. The molecule has 0 aromatic carbocycles. The van der Waals surface area contributed by atoms with Crippen LogP contribution in [0.2, 0.25) is 0 Å². The second-order valence-corrected chi connectivity index (χ2v) is 5.90. The lowest BCUT2D eigenvalue weighted by atomic mass is 10.00. The third kappa shape index (κ3) is 1.99. The summed E-state index contributed by atoms with van der Waals surface area (Å²) in [5, 5.41) is 0. The quantitative estimate of drug-likeness (QED) is 0.763. The minimum absolute atomic E-state index is 0.196. The predicted octanol–water partition coefficient (Wildman–Crippen LogP) is 4.10. The number of nitrogens with zero attached hydrogens (tertiary/aromatic N) is 2. The second-order valence-electron chi connectivity index (χ2n) is 5.90. The Kier molecular flexibility index (Phi) is 3.26. The molecule has 0 radical (unpaired) electrons. The van der Waals surface area contributed by atoms with Crippen LogP contribution in [0.1, 0.15) is 70.8 Å². The van der Waals surface area contributed by atoms with Crippen molar-refractivity contribution in [1.29, 1.82) is 0 Å². The lowest BCUT2D eigenvalue weighted by Crippen LogP contribution is -2.42. The molecule has 0 saturated carbocycles. The Morgan fingerprint density at radius 1 is 1.18 bits per heavy atom. The summed E-state index contributed by atoms with van der Waals surface area (Å²) in [4.78, 5) is 7.28. The van der Waals surface area contributed by atoms with Gasteiger partial charge in [-0.05, 0) is 45.2 Å². The molecular weight excluding hydrogens is 208 g/mol. The number of hydrogen-bond acceptors (Lipinski definition) is 2. The van der Waals surface area contributed by atoms with Crippen molar-refractivity contribution in [3.63, 3.8) is 0 Å². The molecule has 1 aromatic rings. The molecule has 2 rings (SSSR count). The minimum Gasteiger partial charge on any atom is -0.283 e. The summed E-state index contributed by atoms with van der Waals surface area (Å²) in [6, 6.07) is 5.34. The Hall–Kier alpha value is -0.890. The molecule has 2 unspecified atom stereocenters. The molecule has 17 heavy (non-hydrogen) atoms. The van der Waals surface area contributed by atoms with E-state index in [-0.39, 0.29) is 5.54 Å². The Morgan fingerprint density at radius 2 is 1.82 bits per heavy atom. The van der Waals surface area contributed by atoms with E-state index in [1.54, 1.807) is 0 Å². The van der Waals surface area contributed by atoms with Crippen molar-refractivity contribution in [2.75, 3.05) is 0 Å². The molecule has 0 N–H and O–H groups in total. The molecule has 2 heterocycles. The molecular formula is C15H24N2. The van der Waals surface area contributed by atoms with Crippen molar-refractivity contribution in [3.8, 4) is 0 Å². The predicted molar refractivity (Wildman–Crippen MR) is 71.9 cm³/mol. The highest BCUT2D eigenvalue weighted by Gasteiger charge is 2.42. The maximum absolute atomic E-state index is 4.63. The molecule has 0 amide bonds. The molecule has 0 spiro atoms. The van der Waals surface area contributed by atoms with Gasteiger partial charge in [-0.25, -0.2) is 0 Å². The van der Waals surface area contributed by atoms with Gasteiger partial charge in [-0.1, -0.05) is 19.9 Å². The van der Waals surface area contributed by atoms with E-state index in [1.807, 2.05) is 6.20 Å². The highest BCUT2D eigenvalue weighted by Crippen LogP contribution is 2.47. The van der Waals surface area contributed by atoms with Gasteiger partial charge in [-0.2, -0.15) is 0 Å². The van der Waals surface area contributed by atoms with Gasteiger partial charge in [-0.15, -0.1) is 0 Å². The molecule has 0 saturated heterocycles. The number of fused-ring (bicyclic) bond motifs is 1. The van der Waals surface area contributed by atoms with E-state index >= 15 is 0 Å². The Labute approximate surface area is 105 Å². The molecule has 0 fully saturated rings. The van der Waals surface area contributed by atoms with Crippen LogP contribution in [0.4, 0.5) is 0 Å². The van der Waals surface area contributed by atoms with Crippen LogP contribution in [0.3, 0.4) is 0 Å². The average Bonchev–Trinajstić information content (AvgIpc) is 2.62. The Balaban J connectivity index is 2.50. The first kappa shape index (κ1) is 12.6. The Bertz CT molecular complexity index is 361. The zero-order chi connectivity index (χ0) is 12.6. The van der Waals surface area contributed by atoms with E-state index in [9.17, 15) is 0 Å². The van der Waals surface area contributed by atoms with E-state index in [4.69, 9.17) is 0 Å². The van der Waals surface area contributed by atoms with Crippen molar-refractivity contribution in [2.24, 2.45) is 0 Å². The van der Waals surface area contributed by atoms with E-state index < -0.39 is 0 Å². The number of rotatable bonds is 2. The van der Waals surface area contributed by atoms with E-state index in [1.165, 1.54) is 11.3 Å². The summed E-state index contributed by atoms with van der Waals surface area (Å²) < 4.78 is 0. The molecule has 1 aromatic heterocycles. The van der Waals surface area contributed by atoms with Gasteiger partial charge in [0.2, 0.25) is 0 Å². The minimum atomic E-state index is 0.196. The summed E-state index contributed by atoms with van der Waals surface area (Å²) in [5.41, 5.74) is 2.94. The molecule has 0 aliphatic carbocycles. The smallest absolute Gasteiger partial charge is 0.0623 e. The van der Waals surface area contributed by atoms with E-state index in [0.29, 0.717) is 12.1 Å². The largest absolute Gasteiger partial charge is 0.283 e. The van der Waals surface area contributed by atoms with Crippen LogP contribution in [0.25, 0.3) is 0 Å². The molecule has 1 aliphatic heterocycles. The fraction of sp³-hybridized carbons (Fsp3) is 0.667. The second kappa shape index (κ2) is 4.41. The summed E-state index contributed by atoms with van der Waals surface area (Å²) in [6.07, 6.45) is 4.23. The lowest BCUT2D eigenvalue weighted by Gasteiger charge is -2.41. The van der Waals surface area contributed by atoms with Gasteiger partial charge in [0.05, 0.1) is 11.7 Å². The van der Waals surface area contributed by atoms with Crippen molar-refractivity contribution in [2.45, 2.75) is 65.1 Å². The third-order valence-electron chi connectivity index (χ3n) is 3.77. The number of aromatic nitrogens is 1. The molecule has 2 nitrogen and oxygen atoms in total. The SMILES string of the molecule is CCC1c2cccnc2C(CC)N1C(C)(C)C. The molecule has 2 heteroatoms. The fourth-order valence-electron chi connectivity index (χ4n) is 3.23. The van der Waals surface area contributed by atoms with Gasteiger partial charge < -0.3 is 0 Å². The average molecular weight is 232 g/mol. The first-order valence-electron chi connectivity index (χ1n) is 6.74. The zero-order valence-electron chi connectivity index (χ0n) is 11.7. The van der Waals surface area contributed by atoms with Gasteiger partial charge in [0.25, 0.3) is 0 Å². The monoisotopic (exact) mass is 232 g/mol. The van der Waals surface area contributed by atoms with Crippen molar-refractivity contribution >= 4 is 0 Å². The summed E-state index contributed by atoms with van der Waals surface area (Å²) >= 11 is 0. The van der Waals surface area contributed by atoms with Crippen LogP contribution >= 0.6 is 0 Å². The van der Waals surface area contributed by atoms with Gasteiger partial charge in [-0.3, -0.25) is 9.88 Å². The van der Waals surface area contributed by atoms with Crippen LogP contribution in [-0.2, 0) is 0 Å². The van der Waals surface area contributed by atoms with Gasteiger partial charge in [0.1, 0.15) is 0 Å². The first-order valence-corrected chi connectivity index (χ1v) is 6.74. The van der Waals surface area contributed by atoms with Gasteiger partial charge in [0, 0.05) is 17.8 Å².